The molecule has 2 aromatic heterocycles. The topological polar surface area (TPSA) is 82.0 Å². The fraction of sp³-hybridized carbons (Fsp3) is 0.438. The highest BCUT2D eigenvalue weighted by molar-refractivity contribution is 7.99. The van der Waals surface area contributed by atoms with Gasteiger partial charge in [0.25, 0.3) is 0 Å². The van der Waals surface area contributed by atoms with Crippen LogP contribution in [0.5, 0.6) is 11.5 Å². The molecule has 44 heavy (non-hydrogen) atoms. The lowest BCUT2D eigenvalue weighted by atomic mass is 10.1. The summed E-state index contributed by atoms with van der Waals surface area (Å²) >= 11 is 18.9. The summed E-state index contributed by atoms with van der Waals surface area (Å²) in [6.45, 7) is 6.29. The number of phenols is 2. The quantitative estimate of drug-likeness (QED) is 0.233. The number of fused-ring (bicyclic) bond motifs is 2. The maximum absolute atomic E-state index is 11.0. The number of benzene rings is 2. The molecule has 0 spiro atoms. The van der Waals surface area contributed by atoms with E-state index in [-0.39, 0.29) is 11.5 Å². The average molecular weight is 694 g/mol. The molecule has 2 N–H and O–H groups in total. The van der Waals surface area contributed by atoms with E-state index in [0.29, 0.717) is 34.2 Å². The van der Waals surface area contributed by atoms with Crippen LogP contribution in [0, 0.1) is 0 Å². The monoisotopic (exact) mass is 692 g/mol. The van der Waals surface area contributed by atoms with Crippen molar-refractivity contribution in [2.75, 3.05) is 73.9 Å². The predicted octanol–water partition coefficient (Wildman–Crippen LogP) is 7.04. The van der Waals surface area contributed by atoms with Crippen molar-refractivity contribution in [3.05, 3.63) is 70.0 Å². The van der Waals surface area contributed by atoms with Crippen molar-refractivity contribution in [2.45, 2.75) is 13.1 Å². The molecule has 0 saturated carbocycles. The van der Waals surface area contributed by atoms with Crippen molar-refractivity contribution in [3.8, 4) is 11.5 Å². The molecular formula is C32H38Cl2N4O3S3. The number of nitrogens with zero attached hydrogens (tertiary/aromatic N) is 4. The first-order valence-electron chi connectivity index (χ1n) is 14.8. The number of hydrogen-bond acceptors (Lipinski definition) is 10. The van der Waals surface area contributed by atoms with Gasteiger partial charge in [-0.1, -0.05) is 23.2 Å². The van der Waals surface area contributed by atoms with Gasteiger partial charge >= 0.3 is 0 Å². The standard InChI is InChI=1S/C32H38Cl2N4O3S3/c33-27-19-23(31(39)29-25(27)3-1-5-35-29)21-37-7-13-42-14-8-38(10-16-44-18-12-41-11-17-43-15-9-37)22-24-20-28(34)26-4-2-6-36-30(26)32(24)40/h1-6,19-20,39-40H,7-18,21-22H2. The second-order valence-electron chi connectivity index (χ2n) is 10.5. The molecule has 0 unspecified atom stereocenters. The van der Waals surface area contributed by atoms with E-state index in [1.54, 1.807) is 12.4 Å². The fourth-order valence-electron chi connectivity index (χ4n) is 5.16. The maximum Gasteiger partial charge on any atom is 0.146 e. The lowest BCUT2D eigenvalue weighted by Gasteiger charge is -2.25. The number of aromatic nitrogens is 2. The molecule has 5 rings (SSSR count). The molecule has 1 aliphatic heterocycles. The van der Waals surface area contributed by atoms with Crippen LogP contribution in [0.25, 0.3) is 21.8 Å². The maximum atomic E-state index is 11.0. The first-order valence-corrected chi connectivity index (χ1v) is 19.0. The molecule has 1 aliphatic rings. The van der Waals surface area contributed by atoms with Gasteiger partial charge in [0.15, 0.2) is 0 Å². The number of hydrogen-bond donors (Lipinski definition) is 2. The molecule has 0 aliphatic carbocycles. The van der Waals surface area contributed by atoms with Crippen molar-refractivity contribution in [1.82, 2.24) is 19.8 Å². The van der Waals surface area contributed by atoms with E-state index in [1.165, 1.54) is 0 Å². The minimum absolute atomic E-state index is 0.207. The van der Waals surface area contributed by atoms with E-state index in [9.17, 15) is 10.2 Å². The number of halogens is 2. The van der Waals surface area contributed by atoms with Crippen molar-refractivity contribution < 1.29 is 14.9 Å². The Bertz CT molecular complexity index is 1420. The van der Waals surface area contributed by atoms with E-state index in [1.807, 2.05) is 71.7 Å². The highest BCUT2D eigenvalue weighted by Gasteiger charge is 2.17. The van der Waals surface area contributed by atoms with Gasteiger partial charge in [-0.25, -0.2) is 0 Å². The average Bonchev–Trinajstić information content (AvgIpc) is 3.03. The van der Waals surface area contributed by atoms with Gasteiger partial charge in [0.2, 0.25) is 0 Å². The predicted molar refractivity (Wildman–Crippen MR) is 190 cm³/mol. The van der Waals surface area contributed by atoms with Gasteiger partial charge in [-0.15, -0.1) is 0 Å². The van der Waals surface area contributed by atoms with E-state index in [4.69, 9.17) is 27.9 Å². The smallest absolute Gasteiger partial charge is 0.146 e. The Hall–Kier alpha value is -1.63. The lowest BCUT2D eigenvalue weighted by molar-refractivity contribution is 0.167. The molecule has 0 radical (unpaired) electrons. The largest absolute Gasteiger partial charge is 0.505 e. The minimum atomic E-state index is 0.207. The van der Waals surface area contributed by atoms with Gasteiger partial charge in [-0.2, -0.15) is 35.3 Å². The Balaban J connectivity index is 1.24. The number of phenolic OH excluding ortho intramolecular Hbond substituents is 2. The number of aromatic hydroxyl groups is 2. The van der Waals surface area contributed by atoms with Crippen LogP contribution in [0.4, 0.5) is 0 Å². The third-order valence-electron chi connectivity index (χ3n) is 7.53. The molecule has 3 heterocycles. The SMILES string of the molecule is Oc1c(CN2CCSCCOCCSCCN(Cc3cc(Cl)c4cccnc4c3O)CCSCC2)cc(Cl)c2cccnc12. The molecule has 4 aromatic rings. The molecule has 7 nitrogen and oxygen atoms in total. The zero-order valence-corrected chi connectivity index (χ0v) is 28.6. The van der Waals surface area contributed by atoms with Crippen LogP contribution in [0.2, 0.25) is 10.0 Å². The Kier molecular flexibility index (Phi) is 13.3. The zero-order valence-electron chi connectivity index (χ0n) is 24.6. The molecule has 1 saturated heterocycles. The Labute approximate surface area is 282 Å². The van der Waals surface area contributed by atoms with Gasteiger partial charge in [-0.05, 0) is 36.4 Å². The summed E-state index contributed by atoms with van der Waals surface area (Å²) in [6, 6.07) is 11.2. The summed E-state index contributed by atoms with van der Waals surface area (Å²) < 4.78 is 5.88. The molecular weight excluding hydrogens is 655 g/mol. The Morgan fingerprint density at radius 2 is 1.07 bits per heavy atom. The fourth-order valence-corrected chi connectivity index (χ4v) is 8.36. The summed E-state index contributed by atoms with van der Waals surface area (Å²) in [5, 5.41) is 24.8. The lowest BCUT2D eigenvalue weighted by Crippen LogP contribution is -2.30. The van der Waals surface area contributed by atoms with E-state index in [2.05, 4.69) is 19.8 Å². The summed E-state index contributed by atoms with van der Waals surface area (Å²) in [7, 11) is 0. The van der Waals surface area contributed by atoms with Crippen molar-refractivity contribution in [3.63, 3.8) is 0 Å². The van der Waals surface area contributed by atoms with Crippen LogP contribution in [0.1, 0.15) is 11.1 Å². The van der Waals surface area contributed by atoms with Crippen molar-refractivity contribution in [2.24, 2.45) is 0 Å². The molecule has 0 atom stereocenters. The summed E-state index contributed by atoms with van der Waals surface area (Å²) in [4.78, 5) is 13.5. The third-order valence-corrected chi connectivity index (χ3v) is 10.9. The summed E-state index contributed by atoms with van der Waals surface area (Å²) in [6.07, 6.45) is 3.37. The third kappa shape index (κ3) is 9.22. The van der Waals surface area contributed by atoms with E-state index < -0.39 is 0 Å². The van der Waals surface area contributed by atoms with Crippen LogP contribution in [0.3, 0.4) is 0 Å². The van der Waals surface area contributed by atoms with Gasteiger partial charge in [0, 0.05) is 108 Å². The second kappa shape index (κ2) is 17.3. The first-order chi connectivity index (χ1) is 21.5. The van der Waals surface area contributed by atoms with E-state index >= 15 is 0 Å². The van der Waals surface area contributed by atoms with Gasteiger partial charge in [-0.3, -0.25) is 19.8 Å². The molecule has 0 amide bonds. The number of pyridine rings is 2. The highest BCUT2D eigenvalue weighted by atomic mass is 35.5. The number of ether oxygens (including phenoxy) is 1. The molecule has 2 aromatic carbocycles. The molecule has 236 valence electrons. The number of rotatable bonds is 4. The van der Waals surface area contributed by atoms with Gasteiger partial charge in [0.1, 0.15) is 22.5 Å². The number of thioether (sulfide) groups is 3. The molecule has 0 bridgehead atoms. The summed E-state index contributed by atoms with van der Waals surface area (Å²) in [5.41, 5.74) is 2.69. The molecule has 1 fully saturated rings. The van der Waals surface area contributed by atoms with E-state index in [0.717, 1.165) is 95.8 Å². The van der Waals surface area contributed by atoms with Crippen LogP contribution in [-0.4, -0.2) is 104 Å². The Morgan fingerprint density at radius 3 is 1.50 bits per heavy atom. The van der Waals surface area contributed by atoms with Crippen LogP contribution in [0.15, 0.2) is 48.8 Å². The normalized spacial score (nSPS) is 17.9. The second-order valence-corrected chi connectivity index (χ2v) is 15.0. The van der Waals surface area contributed by atoms with Crippen LogP contribution >= 0.6 is 58.5 Å². The van der Waals surface area contributed by atoms with Crippen molar-refractivity contribution in [1.29, 1.82) is 0 Å². The minimum Gasteiger partial charge on any atom is -0.505 e. The Morgan fingerprint density at radius 1 is 0.659 bits per heavy atom. The first kappa shape index (κ1) is 33.7. The van der Waals surface area contributed by atoms with Crippen molar-refractivity contribution >= 4 is 80.3 Å². The van der Waals surface area contributed by atoms with Gasteiger partial charge in [0.05, 0.1) is 23.3 Å². The van der Waals surface area contributed by atoms with Gasteiger partial charge < -0.3 is 14.9 Å². The molecule has 12 heteroatoms. The highest BCUT2D eigenvalue weighted by Crippen LogP contribution is 2.35. The van der Waals surface area contributed by atoms with Crippen LogP contribution in [-0.2, 0) is 17.8 Å². The van der Waals surface area contributed by atoms with Crippen LogP contribution < -0.4 is 0 Å². The summed E-state index contributed by atoms with van der Waals surface area (Å²) in [5.74, 6) is 6.25. The zero-order chi connectivity index (χ0) is 30.7.